The Kier molecular flexibility index (Phi) is 5.93. The van der Waals surface area contributed by atoms with E-state index in [2.05, 4.69) is 16.3 Å². The van der Waals surface area contributed by atoms with Crippen LogP contribution in [-0.4, -0.2) is 6.10 Å². The molecule has 0 unspecified atom stereocenters. The molecular weight excluding hydrogens is 159 g/mol. The van der Waals surface area contributed by atoms with E-state index >= 15 is 0 Å². The zero-order chi connectivity index (χ0) is 6.78. The van der Waals surface area contributed by atoms with Gasteiger partial charge in [0.25, 0.3) is 0 Å². The van der Waals surface area contributed by atoms with Gasteiger partial charge in [0, 0.05) is 0 Å². The highest BCUT2D eigenvalue weighted by Gasteiger charge is 1.89. The van der Waals surface area contributed by atoms with Crippen LogP contribution in [0.25, 0.3) is 0 Å². The lowest BCUT2D eigenvalue weighted by Crippen LogP contribution is -2.18. The van der Waals surface area contributed by atoms with Crippen molar-refractivity contribution in [2.75, 3.05) is 0 Å². The molecule has 3 nitrogen and oxygen atoms in total. The van der Waals surface area contributed by atoms with Crippen LogP contribution in [0.1, 0.15) is 21.3 Å². The van der Waals surface area contributed by atoms with Crippen molar-refractivity contribution >= 4 is 18.5 Å². The van der Waals surface area contributed by atoms with E-state index in [9.17, 15) is 9.79 Å². The van der Waals surface area contributed by atoms with E-state index in [0.29, 0.717) is 0 Å². The van der Waals surface area contributed by atoms with Crippen LogP contribution in [-0.2, 0) is 16.3 Å². The van der Waals surface area contributed by atoms with Crippen LogP contribution in [0.15, 0.2) is 0 Å². The van der Waals surface area contributed by atoms with Crippen molar-refractivity contribution in [2.45, 2.75) is 27.4 Å². The van der Waals surface area contributed by atoms with Crippen molar-refractivity contribution in [2.24, 2.45) is 0 Å². The smallest absolute Gasteiger partial charge is 0.0539 e. The Morgan fingerprint density at radius 1 is 1.44 bits per heavy atom. The maximum atomic E-state index is 10.1. The van der Waals surface area contributed by atoms with Crippen LogP contribution in [0, 0.1) is 0 Å². The largest absolute Gasteiger partial charge is 0.812 e. The van der Waals surface area contributed by atoms with Gasteiger partial charge >= 0.3 is 0 Å². The van der Waals surface area contributed by atoms with Crippen molar-refractivity contribution in [3.05, 3.63) is 0 Å². The summed E-state index contributed by atoms with van der Waals surface area (Å²) in [4.78, 5) is 20.1. The quantitative estimate of drug-likeness (QED) is 0.547. The Labute approximate surface area is 60.9 Å². The van der Waals surface area contributed by atoms with Crippen molar-refractivity contribution in [3.63, 3.8) is 0 Å². The van der Waals surface area contributed by atoms with Gasteiger partial charge < -0.3 is 14.3 Å². The average molecular weight is 170 g/mol. The normalized spacial score (nSPS) is 11.2. The van der Waals surface area contributed by atoms with Gasteiger partial charge in [-0.3, -0.25) is 0 Å². The molecule has 0 aliphatic heterocycles. The number of hydrogen-bond acceptors (Lipinski definition) is 4. The van der Waals surface area contributed by atoms with Crippen LogP contribution in [0.2, 0.25) is 0 Å². The van der Waals surface area contributed by atoms with E-state index in [4.69, 9.17) is 0 Å². The van der Waals surface area contributed by atoms with Gasteiger partial charge in [-0.05, 0) is 13.8 Å². The summed E-state index contributed by atoms with van der Waals surface area (Å²) in [6.45, 7) is -0.673. The van der Waals surface area contributed by atoms with Crippen LogP contribution in [0.3, 0.4) is 0 Å². The standard InChI is InChI=1S/C3H9O3PS.CH4/c1-3(2)6-7(4,5)8;/h3H,1-2H3,(H2,4,5,8);1H4/p-2. The second kappa shape index (κ2) is 4.36. The molecule has 0 aromatic carbocycles. The summed E-state index contributed by atoms with van der Waals surface area (Å²) >= 11 is 3.94. The first-order valence-electron chi connectivity index (χ1n) is 2.12. The molecule has 0 spiro atoms. The highest BCUT2D eigenvalue weighted by atomic mass is 32.5. The van der Waals surface area contributed by atoms with Gasteiger partial charge in [0.05, 0.1) is 6.10 Å². The number of hydrogen-bond donors (Lipinski definition) is 0. The Bertz CT molecular complexity index is 108. The molecule has 9 heavy (non-hydrogen) atoms. The van der Waals surface area contributed by atoms with Crippen LogP contribution >= 0.6 is 6.72 Å². The molecule has 0 radical (unpaired) electrons. The van der Waals surface area contributed by atoms with Crippen LogP contribution < -0.4 is 9.79 Å². The Hall–Kier alpha value is 0.530. The summed E-state index contributed by atoms with van der Waals surface area (Å²) in [7, 11) is 0. The van der Waals surface area contributed by atoms with Gasteiger partial charge in [0.1, 0.15) is 0 Å². The maximum absolute atomic E-state index is 10.1. The predicted molar refractivity (Wildman–Crippen MR) is 37.2 cm³/mol. The summed E-state index contributed by atoms with van der Waals surface area (Å²) in [6.07, 6.45) is -0.337. The minimum atomic E-state index is -3.89. The maximum Gasteiger partial charge on any atom is 0.0539 e. The summed E-state index contributed by atoms with van der Waals surface area (Å²) in [6, 6.07) is 0. The molecule has 5 heteroatoms. The first kappa shape index (κ1) is 12.2. The molecule has 0 aliphatic carbocycles. The molecule has 0 saturated carbocycles. The summed E-state index contributed by atoms with van der Waals surface area (Å²) in [5.41, 5.74) is 0. The lowest BCUT2D eigenvalue weighted by Gasteiger charge is -2.35. The molecule has 0 fully saturated rings. The van der Waals surface area contributed by atoms with Gasteiger partial charge in [0.15, 0.2) is 0 Å². The fourth-order valence-corrected chi connectivity index (χ4v) is 1.29. The van der Waals surface area contributed by atoms with Crippen molar-refractivity contribution in [1.82, 2.24) is 0 Å². The van der Waals surface area contributed by atoms with E-state index in [1.54, 1.807) is 13.8 Å². The van der Waals surface area contributed by atoms with Crippen molar-refractivity contribution in [1.29, 1.82) is 0 Å². The SMILES string of the molecule is C.CC(C)OP([O-])([O-])=S. The lowest BCUT2D eigenvalue weighted by molar-refractivity contribution is -0.323. The molecule has 0 amide bonds. The molecule has 0 N–H and O–H groups in total. The molecule has 0 rings (SSSR count). The molecule has 0 aromatic heterocycles. The zero-order valence-corrected chi connectivity index (χ0v) is 6.37. The van der Waals surface area contributed by atoms with Gasteiger partial charge in [-0.25, -0.2) is 0 Å². The van der Waals surface area contributed by atoms with Gasteiger partial charge in [0.2, 0.25) is 0 Å². The minimum Gasteiger partial charge on any atom is -0.812 e. The molecule has 0 aromatic rings. The number of rotatable bonds is 2. The lowest BCUT2D eigenvalue weighted by atomic mass is 10.5. The molecule has 0 heterocycles. The second-order valence-electron chi connectivity index (χ2n) is 1.60. The Balaban J connectivity index is 0. The highest BCUT2D eigenvalue weighted by molar-refractivity contribution is 8.05. The zero-order valence-electron chi connectivity index (χ0n) is 4.66. The molecule has 0 saturated heterocycles. The molecular formula is C4H11O3PS-2. The third kappa shape index (κ3) is 11.9. The Morgan fingerprint density at radius 2 is 1.78 bits per heavy atom. The minimum absolute atomic E-state index is 0. The van der Waals surface area contributed by atoms with E-state index in [1.807, 2.05) is 0 Å². The van der Waals surface area contributed by atoms with E-state index in [1.165, 1.54) is 0 Å². The molecule has 0 atom stereocenters. The van der Waals surface area contributed by atoms with Crippen molar-refractivity contribution < 1.29 is 14.3 Å². The predicted octanol–water partition coefficient (Wildman–Crippen LogP) is -0.00740. The third-order valence-corrected chi connectivity index (χ3v) is 1.28. The second-order valence-corrected chi connectivity index (χ2v) is 4.05. The van der Waals surface area contributed by atoms with E-state index < -0.39 is 6.72 Å². The first-order valence-corrected chi connectivity index (χ1v) is 4.68. The highest BCUT2D eigenvalue weighted by Crippen LogP contribution is 2.26. The average Bonchev–Trinajstić information content (AvgIpc) is 1.21. The van der Waals surface area contributed by atoms with Gasteiger partial charge in [-0.2, -0.15) is 0 Å². The topological polar surface area (TPSA) is 55.3 Å². The van der Waals surface area contributed by atoms with E-state index in [0.717, 1.165) is 0 Å². The summed E-state index contributed by atoms with van der Waals surface area (Å²) < 4.78 is 4.25. The fourth-order valence-electron chi connectivity index (χ4n) is 0.258. The molecule has 0 bridgehead atoms. The summed E-state index contributed by atoms with van der Waals surface area (Å²) in [5, 5.41) is 0. The third-order valence-electron chi connectivity index (χ3n) is 0.340. The van der Waals surface area contributed by atoms with Gasteiger partial charge in [-0.15, -0.1) is 11.8 Å². The van der Waals surface area contributed by atoms with E-state index in [-0.39, 0.29) is 13.5 Å². The Morgan fingerprint density at radius 3 is 1.78 bits per heavy atom. The van der Waals surface area contributed by atoms with Gasteiger partial charge in [-0.1, -0.05) is 14.1 Å². The summed E-state index contributed by atoms with van der Waals surface area (Å²) in [5.74, 6) is 0. The molecule has 58 valence electrons. The fraction of sp³-hybridized carbons (Fsp3) is 1.00. The van der Waals surface area contributed by atoms with Crippen LogP contribution in [0.5, 0.6) is 0 Å². The van der Waals surface area contributed by atoms with Crippen LogP contribution in [0.4, 0.5) is 0 Å². The van der Waals surface area contributed by atoms with Crippen molar-refractivity contribution in [3.8, 4) is 0 Å². The monoisotopic (exact) mass is 170 g/mol. The molecule has 0 aliphatic rings. The first-order chi connectivity index (χ1) is 3.42.